The van der Waals surface area contributed by atoms with Crippen molar-refractivity contribution in [3.8, 4) is 0 Å². The molecule has 6 nitrogen and oxygen atoms in total. The van der Waals surface area contributed by atoms with Crippen molar-refractivity contribution in [3.05, 3.63) is 39.9 Å². The minimum Gasteiger partial charge on any atom is -0.258 e. The molecule has 1 rings (SSSR count). The van der Waals surface area contributed by atoms with Gasteiger partial charge in [-0.05, 0) is 12.1 Å². The Hall–Kier alpha value is -1.09. The Bertz CT molecular complexity index is 467. The third-order valence-electron chi connectivity index (χ3n) is 1.53. The smallest absolute Gasteiger partial charge is 0.258 e. The highest BCUT2D eigenvalue weighted by atomic mass is 32.9. The lowest BCUT2D eigenvalue weighted by Crippen LogP contribution is -1.97. The molecule has 0 fully saturated rings. The molecule has 0 spiro atoms. The van der Waals surface area contributed by atoms with Crippen molar-refractivity contribution in [1.82, 2.24) is 0 Å². The fourth-order valence-electron chi connectivity index (χ4n) is 0.859. The van der Waals surface area contributed by atoms with Gasteiger partial charge in [-0.15, -0.1) is 0 Å². The molecule has 1 aromatic rings. The molecule has 8 heteroatoms. The number of nitro benzene ring substituents is 1. The number of rotatable bonds is 3. The van der Waals surface area contributed by atoms with Crippen LogP contribution in [-0.4, -0.2) is 18.2 Å². The Morgan fingerprint density at radius 2 is 1.87 bits per heavy atom. The SMILES string of the molecule is O=[N+]([O-])c1ccc(C[S+]=S(=O)(O)O)cc1. The topological polar surface area (TPSA) is 101 Å². The van der Waals surface area contributed by atoms with E-state index in [0.717, 1.165) is 0 Å². The van der Waals surface area contributed by atoms with Gasteiger partial charge in [-0.3, -0.25) is 19.2 Å². The molecule has 0 aromatic heterocycles. The van der Waals surface area contributed by atoms with Gasteiger partial charge in [0.2, 0.25) is 5.75 Å². The zero-order chi connectivity index (χ0) is 11.5. The van der Waals surface area contributed by atoms with Gasteiger partial charge in [0.15, 0.2) is 0 Å². The average molecular weight is 250 g/mol. The van der Waals surface area contributed by atoms with Crippen LogP contribution in [0.25, 0.3) is 0 Å². The third-order valence-corrected chi connectivity index (χ3v) is 3.56. The fourth-order valence-corrected chi connectivity index (χ4v) is 2.21. The fraction of sp³-hybridized carbons (Fsp3) is 0.143. The molecule has 0 amide bonds. The summed E-state index contributed by atoms with van der Waals surface area (Å²) in [5.74, 6) is 0.115. The van der Waals surface area contributed by atoms with Gasteiger partial charge in [0.1, 0.15) is 0 Å². The lowest BCUT2D eigenvalue weighted by atomic mass is 10.2. The Morgan fingerprint density at radius 3 is 2.27 bits per heavy atom. The highest BCUT2D eigenvalue weighted by molar-refractivity contribution is 8.33. The van der Waals surface area contributed by atoms with E-state index in [1.165, 1.54) is 24.3 Å². The van der Waals surface area contributed by atoms with Gasteiger partial charge in [-0.1, -0.05) is 0 Å². The first-order valence-corrected chi connectivity index (χ1v) is 6.73. The highest BCUT2D eigenvalue weighted by Crippen LogP contribution is 2.12. The van der Waals surface area contributed by atoms with E-state index in [1.54, 1.807) is 0 Å². The van der Waals surface area contributed by atoms with Gasteiger partial charge in [0.05, 0.1) is 4.92 Å². The molecule has 15 heavy (non-hydrogen) atoms. The van der Waals surface area contributed by atoms with E-state index in [4.69, 9.17) is 9.11 Å². The molecule has 2 N–H and O–H groups in total. The van der Waals surface area contributed by atoms with Gasteiger partial charge < -0.3 is 0 Å². The van der Waals surface area contributed by atoms with Crippen LogP contribution in [0.4, 0.5) is 5.69 Å². The molecule has 0 saturated carbocycles. The highest BCUT2D eigenvalue weighted by Gasteiger charge is 2.11. The van der Waals surface area contributed by atoms with Crippen molar-refractivity contribution in [2.75, 3.05) is 0 Å². The molecule has 0 aliphatic carbocycles. The Morgan fingerprint density at radius 1 is 1.33 bits per heavy atom. The van der Waals surface area contributed by atoms with Crippen LogP contribution in [0.3, 0.4) is 0 Å². The summed E-state index contributed by atoms with van der Waals surface area (Å²) in [6, 6.07) is 5.53. The van der Waals surface area contributed by atoms with E-state index >= 15 is 0 Å². The maximum atomic E-state index is 10.5. The molecule has 82 valence electrons. The van der Waals surface area contributed by atoms with Crippen molar-refractivity contribution in [3.63, 3.8) is 0 Å². The molecule has 0 unspecified atom stereocenters. The predicted molar refractivity (Wildman–Crippen MR) is 57.6 cm³/mol. The van der Waals surface area contributed by atoms with Crippen LogP contribution in [0.15, 0.2) is 24.3 Å². The van der Waals surface area contributed by atoms with Crippen LogP contribution in [0.1, 0.15) is 5.56 Å². The quantitative estimate of drug-likeness (QED) is 0.478. The molecule has 1 aromatic carbocycles. The summed E-state index contributed by atoms with van der Waals surface area (Å²) < 4.78 is 27.6. The summed E-state index contributed by atoms with van der Waals surface area (Å²) in [6.07, 6.45) is 0. The maximum Gasteiger partial charge on any atom is 0.430 e. The van der Waals surface area contributed by atoms with Crippen LogP contribution in [0, 0.1) is 10.1 Å². The minimum atomic E-state index is -3.82. The summed E-state index contributed by atoms with van der Waals surface area (Å²) in [7, 11) is -3.35. The molecule has 0 radical (unpaired) electrons. The zero-order valence-electron chi connectivity index (χ0n) is 7.40. The summed E-state index contributed by atoms with van der Waals surface area (Å²) in [4.78, 5) is 9.77. The molecule has 0 bridgehead atoms. The lowest BCUT2D eigenvalue weighted by molar-refractivity contribution is -0.384. The Kier molecular flexibility index (Phi) is 3.69. The monoisotopic (exact) mass is 250 g/mol. The summed E-state index contributed by atoms with van der Waals surface area (Å²) in [6.45, 7) is 0. The molecule has 0 saturated heterocycles. The van der Waals surface area contributed by atoms with Crippen molar-refractivity contribution in [2.45, 2.75) is 5.75 Å². The van der Waals surface area contributed by atoms with Gasteiger partial charge in [0, 0.05) is 17.7 Å². The number of non-ortho nitro benzene ring substituents is 1. The molecular formula is C7H8NO5S2+. The molecular weight excluding hydrogens is 242 g/mol. The summed E-state index contributed by atoms with van der Waals surface area (Å²) in [5, 5.41) is 10.3. The van der Waals surface area contributed by atoms with E-state index in [1.807, 2.05) is 0 Å². The number of nitrogens with zero attached hydrogens (tertiary/aromatic N) is 1. The van der Waals surface area contributed by atoms with E-state index in [2.05, 4.69) is 0 Å². The van der Waals surface area contributed by atoms with Crippen molar-refractivity contribution in [1.29, 1.82) is 0 Å². The zero-order valence-corrected chi connectivity index (χ0v) is 9.03. The number of hydrogen-bond donors (Lipinski definition) is 2. The third kappa shape index (κ3) is 4.30. The summed E-state index contributed by atoms with van der Waals surface area (Å²) in [5.41, 5.74) is 0.582. The van der Waals surface area contributed by atoms with Crippen LogP contribution in [0.2, 0.25) is 0 Å². The van der Waals surface area contributed by atoms with E-state index in [-0.39, 0.29) is 11.4 Å². The second-order valence-electron chi connectivity index (χ2n) is 2.63. The Labute approximate surface area is 89.4 Å². The van der Waals surface area contributed by atoms with Crippen molar-refractivity contribution in [2.24, 2.45) is 0 Å². The van der Waals surface area contributed by atoms with Gasteiger partial charge in [0.25, 0.3) is 16.0 Å². The largest absolute Gasteiger partial charge is 0.430 e. The van der Waals surface area contributed by atoms with Gasteiger partial charge in [-0.25, -0.2) is 0 Å². The molecule has 0 aliphatic heterocycles. The molecule has 0 atom stereocenters. The van der Waals surface area contributed by atoms with E-state index in [9.17, 15) is 14.3 Å². The van der Waals surface area contributed by atoms with Crippen molar-refractivity contribution < 1.29 is 18.2 Å². The van der Waals surface area contributed by atoms with Gasteiger partial charge >= 0.3 is 9.05 Å². The first kappa shape index (κ1) is 12.0. The normalized spacial score (nSPS) is 11.1. The Balaban J connectivity index is 2.83. The second kappa shape index (κ2) is 4.62. The van der Waals surface area contributed by atoms with Crippen LogP contribution >= 0.6 is 0 Å². The summed E-state index contributed by atoms with van der Waals surface area (Å²) >= 11 is 0. The van der Waals surface area contributed by atoms with Crippen LogP contribution in [0.5, 0.6) is 0 Å². The van der Waals surface area contributed by atoms with Crippen molar-refractivity contribution >= 4 is 25.1 Å². The maximum absolute atomic E-state index is 10.5. The van der Waals surface area contributed by atoms with E-state index < -0.39 is 14.0 Å². The number of nitro groups is 1. The van der Waals surface area contributed by atoms with Gasteiger partial charge in [-0.2, -0.15) is 4.21 Å². The standard InChI is InChI=1S/C7H7NO5S2/c9-8(10)7-3-1-6(2-4-7)5-14-15(11,12)13/h1-4H,5H2,(H-,11,12,13)/p+1. The van der Waals surface area contributed by atoms with E-state index in [0.29, 0.717) is 15.9 Å². The van der Waals surface area contributed by atoms with Crippen LogP contribution in [-0.2, 0) is 25.1 Å². The first-order valence-electron chi connectivity index (χ1n) is 3.75. The lowest BCUT2D eigenvalue weighted by Gasteiger charge is -1.90. The number of benzene rings is 1. The van der Waals surface area contributed by atoms with Crippen LogP contribution < -0.4 is 0 Å². The minimum absolute atomic E-state index is 0.0440. The number of hydrogen-bond acceptors (Lipinski definition) is 3. The predicted octanol–water partition coefficient (Wildman–Crippen LogP) is 1.32. The average Bonchev–Trinajstić information content (AvgIpc) is 2.14. The second-order valence-corrected chi connectivity index (χ2v) is 6.06. The molecule has 0 heterocycles. The molecule has 0 aliphatic rings. The first-order chi connectivity index (χ1) is 6.88.